The molecule has 0 saturated carbocycles. The third-order valence-electron chi connectivity index (χ3n) is 4.29. The molecule has 1 atom stereocenters. The fourth-order valence-electron chi connectivity index (χ4n) is 2.87. The quantitative estimate of drug-likeness (QED) is 0.784. The third-order valence-corrected chi connectivity index (χ3v) is 4.29. The predicted molar refractivity (Wildman–Crippen MR) is 73.4 cm³/mol. The number of aliphatic carboxylic acids is 1. The second-order valence-corrected chi connectivity index (χ2v) is 6.05. The van der Waals surface area contributed by atoms with Crippen LogP contribution in [0, 0.1) is 5.41 Å². The molecule has 0 aromatic carbocycles. The van der Waals surface area contributed by atoms with Crippen LogP contribution in [0.15, 0.2) is 0 Å². The monoisotopic (exact) mass is 284 g/mol. The average Bonchev–Trinajstić information content (AvgIpc) is 2.46. The topological polar surface area (TPSA) is 78.9 Å². The number of carbonyl (C=O) groups excluding carboxylic acids is 1. The van der Waals surface area contributed by atoms with Gasteiger partial charge in [-0.1, -0.05) is 0 Å². The van der Waals surface area contributed by atoms with Crippen molar-refractivity contribution in [2.24, 2.45) is 5.41 Å². The van der Waals surface area contributed by atoms with Crippen molar-refractivity contribution >= 4 is 11.9 Å². The Morgan fingerprint density at radius 3 is 2.75 bits per heavy atom. The van der Waals surface area contributed by atoms with E-state index in [9.17, 15) is 14.7 Å². The number of amides is 1. The summed E-state index contributed by atoms with van der Waals surface area (Å²) in [5.74, 6) is -0.912. The molecule has 2 saturated heterocycles. The molecule has 0 aromatic rings. The maximum Gasteiger partial charge on any atom is 0.311 e. The number of carboxylic acids is 1. The highest BCUT2D eigenvalue weighted by Gasteiger charge is 2.39. The Morgan fingerprint density at radius 1 is 1.40 bits per heavy atom. The molecular weight excluding hydrogens is 260 g/mol. The number of likely N-dealkylation sites (tertiary alicyclic amines) is 1. The fraction of sp³-hybridized carbons (Fsp3) is 0.857. The van der Waals surface area contributed by atoms with Gasteiger partial charge in [0, 0.05) is 13.1 Å². The molecule has 6 nitrogen and oxygen atoms in total. The molecule has 20 heavy (non-hydrogen) atoms. The van der Waals surface area contributed by atoms with E-state index in [1.807, 2.05) is 0 Å². The van der Waals surface area contributed by atoms with Crippen molar-refractivity contribution in [1.29, 1.82) is 0 Å². The summed E-state index contributed by atoms with van der Waals surface area (Å²) in [5.41, 5.74) is -0.817. The van der Waals surface area contributed by atoms with Crippen molar-refractivity contribution in [2.45, 2.75) is 38.7 Å². The van der Waals surface area contributed by atoms with Gasteiger partial charge in [0.15, 0.2) is 0 Å². The molecule has 0 bridgehead atoms. The van der Waals surface area contributed by atoms with E-state index in [1.165, 1.54) is 0 Å². The summed E-state index contributed by atoms with van der Waals surface area (Å²) >= 11 is 0. The Hall–Kier alpha value is -1.14. The van der Waals surface area contributed by atoms with Gasteiger partial charge in [-0.25, -0.2) is 0 Å². The summed E-state index contributed by atoms with van der Waals surface area (Å²) in [6.45, 7) is 4.57. The van der Waals surface area contributed by atoms with Crippen molar-refractivity contribution in [3.8, 4) is 0 Å². The van der Waals surface area contributed by atoms with E-state index < -0.39 is 11.4 Å². The lowest BCUT2D eigenvalue weighted by Crippen LogP contribution is -2.49. The van der Waals surface area contributed by atoms with Gasteiger partial charge in [0.1, 0.15) is 6.61 Å². The summed E-state index contributed by atoms with van der Waals surface area (Å²) in [7, 11) is 0. The first-order valence-corrected chi connectivity index (χ1v) is 7.35. The Kier molecular flexibility index (Phi) is 4.99. The minimum absolute atomic E-state index is 0.0698. The zero-order chi connectivity index (χ0) is 14.6. The third kappa shape index (κ3) is 3.70. The van der Waals surface area contributed by atoms with Crippen LogP contribution >= 0.6 is 0 Å². The molecule has 0 spiro atoms. The lowest BCUT2D eigenvalue weighted by molar-refractivity contribution is -0.155. The van der Waals surface area contributed by atoms with E-state index in [4.69, 9.17) is 4.74 Å². The highest BCUT2D eigenvalue weighted by Crippen LogP contribution is 2.29. The highest BCUT2D eigenvalue weighted by atomic mass is 16.5. The van der Waals surface area contributed by atoms with Crippen LogP contribution in [0.1, 0.15) is 32.6 Å². The SMILES string of the molecule is CC1(C(=O)O)CCCN(C(=O)COC2CCNCC2)C1. The highest BCUT2D eigenvalue weighted by molar-refractivity contribution is 5.80. The van der Waals surface area contributed by atoms with Gasteiger partial charge in [-0.2, -0.15) is 0 Å². The molecule has 0 aromatic heterocycles. The summed E-state index contributed by atoms with van der Waals surface area (Å²) in [5, 5.41) is 12.5. The Morgan fingerprint density at radius 2 is 2.10 bits per heavy atom. The Bertz CT molecular complexity index is 368. The number of carboxylic acid groups (broad SMARTS) is 1. The standard InChI is InChI=1S/C14H24N2O4/c1-14(13(18)19)5-2-8-16(10-14)12(17)9-20-11-3-6-15-7-4-11/h11,15H,2-10H2,1H3,(H,18,19). The molecule has 6 heteroatoms. The van der Waals surface area contributed by atoms with E-state index >= 15 is 0 Å². The van der Waals surface area contributed by atoms with Crippen LogP contribution in [0.5, 0.6) is 0 Å². The second-order valence-electron chi connectivity index (χ2n) is 6.05. The number of ether oxygens (including phenoxy) is 1. The summed E-state index contributed by atoms with van der Waals surface area (Å²) in [6, 6.07) is 0. The van der Waals surface area contributed by atoms with Gasteiger partial charge in [0.05, 0.1) is 11.5 Å². The molecule has 2 heterocycles. The zero-order valence-electron chi connectivity index (χ0n) is 12.1. The fourth-order valence-corrected chi connectivity index (χ4v) is 2.87. The number of carbonyl (C=O) groups is 2. The minimum atomic E-state index is -0.825. The first kappa shape index (κ1) is 15.3. The smallest absolute Gasteiger partial charge is 0.311 e. The molecular formula is C14H24N2O4. The number of nitrogens with zero attached hydrogens (tertiary/aromatic N) is 1. The first-order valence-electron chi connectivity index (χ1n) is 7.35. The molecule has 0 radical (unpaired) electrons. The van der Waals surface area contributed by atoms with Crippen LogP contribution in [0.25, 0.3) is 0 Å². The van der Waals surface area contributed by atoms with Gasteiger partial charge in [-0.3, -0.25) is 9.59 Å². The molecule has 1 unspecified atom stereocenters. The van der Waals surface area contributed by atoms with Crippen molar-refractivity contribution in [2.75, 3.05) is 32.8 Å². The van der Waals surface area contributed by atoms with Gasteiger partial charge in [-0.05, 0) is 45.7 Å². The van der Waals surface area contributed by atoms with Crippen molar-refractivity contribution in [3.63, 3.8) is 0 Å². The molecule has 114 valence electrons. The largest absolute Gasteiger partial charge is 0.481 e. The van der Waals surface area contributed by atoms with E-state index in [0.29, 0.717) is 13.0 Å². The molecule has 2 aliphatic rings. The summed E-state index contributed by atoms with van der Waals surface area (Å²) < 4.78 is 5.65. The Balaban J connectivity index is 1.81. The van der Waals surface area contributed by atoms with Crippen molar-refractivity contribution < 1.29 is 19.4 Å². The normalized spacial score (nSPS) is 28.4. The van der Waals surface area contributed by atoms with Gasteiger partial charge in [0.2, 0.25) is 5.91 Å². The van der Waals surface area contributed by atoms with Crippen LogP contribution < -0.4 is 5.32 Å². The van der Waals surface area contributed by atoms with Gasteiger partial charge >= 0.3 is 5.97 Å². The summed E-state index contributed by atoms with van der Waals surface area (Å²) in [6.07, 6.45) is 3.37. The second kappa shape index (κ2) is 6.54. The maximum atomic E-state index is 12.1. The molecule has 0 aliphatic carbocycles. The number of hydrogen-bond donors (Lipinski definition) is 2. The van der Waals surface area contributed by atoms with Crippen LogP contribution in [0.2, 0.25) is 0 Å². The van der Waals surface area contributed by atoms with Crippen molar-refractivity contribution in [3.05, 3.63) is 0 Å². The molecule has 2 aliphatic heterocycles. The lowest BCUT2D eigenvalue weighted by Gasteiger charge is -2.37. The van der Waals surface area contributed by atoms with Crippen LogP contribution in [-0.2, 0) is 14.3 Å². The Labute approximate surface area is 119 Å². The molecule has 1 amide bonds. The van der Waals surface area contributed by atoms with Gasteiger partial charge in [-0.15, -0.1) is 0 Å². The molecule has 2 rings (SSSR count). The molecule has 2 fully saturated rings. The van der Waals surface area contributed by atoms with Gasteiger partial charge < -0.3 is 20.1 Å². The minimum Gasteiger partial charge on any atom is -0.481 e. The number of nitrogens with one attached hydrogen (secondary N) is 1. The number of rotatable bonds is 4. The van der Waals surface area contributed by atoms with E-state index in [0.717, 1.165) is 32.4 Å². The van der Waals surface area contributed by atoms with E-state index in [1.54, 1.807) is 11.8 Å². The summed E-state index contributed by atoms with van der Waals surface area (Å²) in [4.78, 5) is 25.1. The first-order chi connectivity index (χ1) is 9.51. The van der Waals surface area contributed by atoms with Crippen LogP contribution in [0.3, 0.4) is 0 Å². The van der Waals surface area contributed by atoms with E-state index in [2.05, 4.69) is 5.32 Å². The predicted octanol–water partition coefficient (Wildman–Crippen LogP) is 0.468. The molecule has 2 N–H and O–H groups in total. The number of hydrogen-bond acceptors (Lipinski definition) is 4. The lowest BCUT2D eigenvalue weighted by atomic mass is 9.82. The van der Waals surface area contributed by atoms with E-state index in [-0.39, 0.29) is 25.2 Å². The average molecular weight is 284 g/mol. The van der Waals surface area contributed by atoms with Crippen LogP contribution in [-0.4, -0.2) is 60.8 Å². The number of piperidine rings is 2. The van der Waals surface area contributed by atoms with Crippen molar-refractivity contribution in [1.82, 2.24) is 10.2 Å². The van der Waals surface area contributed by atoms with Crippen LogP contribution in [0.4, 0.5) is 0 Å². The van der Waals surface area contributed by atoms with Gasteiger partial charge in [0.25, 0.3) is 0 Å². The maximum absolute atomic E-state index is 12.1. The zero-order valence-corrected chi connectivity index (χ0v) is 12.1.